The summed E-state index contributed by atoms with van der Waals surface area (Å²) in [6.07, 6.45) is 2.13. The second-order valence-electron chi connectivity index (χ2n) is 5.64. The highest BCUT2D eigenvalue weighted by molar-refractivity contribution is 5.94. The van der Waals surface area contributed by atoms with Gasteiger partial charge in [-0.25, -0.2) is 4.39 Å². The number of esters is 1. The van der Waals surface area contributed by atoms with Crippen molar-refractivity contribution < 1.29 is 18.7 Å². The van der Waals surface area contributed by atoms with E-state index in [0.717, 1.165) is 12.8 Å². The Morgan fingerprint density at radius 3 is 2.77 bits per heavy atom. The maximum atomic E-state index is 13.3. The Balaban J connectivity index is 2.02. The molecule has 0 aromatic heterocycles. The molecule has 1 aromatic carbocycles. The van der Waals surface area contributed by atoms with Crippen molar-refractivity contribution in [2.45, 2.75) is 33.1 Å². The van der Waals surface area contributed by atoms with Crippen LogP contribution in [0.5, 0.6) is 0 Å². The van der Waals surface area contributed by atoms with Crippen molar-refractivity contribution in [3.63, 3.8) is 0 Å². The molecule has 1 heterocycles. The zero-order chi connectivity index (χ0) is 16.1. The first-order valence-electron chi connectivity index (χ1n) is 7.75. The number of likely N-dealkylation sites (tertiary alicyclic amines) is 1. The van der Waals surface area contributed by atoms with Crippen LogP contribution in [0.1, 0.15) is 42.1 Å². The van der Waals surface area contributed by atoms with Gasteiger partial charge in [0.25, 0.3) is 5.91 Å². The zero-order valence-corrected chi connectivity index (χ0v) is 13.1. The van der Waals surface area contributed by atoms with Gasteiger partial charge in [0.2, 0.25) is 0 Å². The molecule has 0 N–H and O–H groups in total. The fraction of sp³-hybridized carbons (Fsp3) is 0.529. The van der Waals surface area contributed by atoms with E-state index in [4.69, 9.17) is 4.74 Å². The van der Waals surface area contributed by atoms with Crippen molar-refractivity contribution in [3.8, 4) is 0 Å². The molecule has 0 radical (unpaired) electrons. The number of nitrogens with zero attached hydrogens (tertiary/aromatic N) is 1. The minimum atomic E-state index is -0.310. The average molecular weight is 307 g/mol. The fourth-order valence-corrected chi connectivity index (χ4v) is 2.76. The van der Waals surface area contributed by atoms with Crippen LogP contribution < -0.4 is 0 Å². The molecule has 1 amide bonds. The quantitative estimate of drug-likeness (QED) is 0.807. The normalized spacial score (nSPS) is 18.7. The third-order valence-corrected chi connectivity index (χ3v) is 4.04. The van der Waals surface area contributed by atoms with E-state index in [1.54, 1.807) is 24.8 Å². The van der Waals surface area contributed by atoms with Crippen LogP contribution >= 0.6 is 0 Å². The summed E-state index contributed by atoms with van der Waals surface area (Å²) in [5.74, 6) is -0.718. The molecule has 0 bridgehead atoms. The van der Waals surface area contributed by atoms with Gasteiger partial charge in [0, 0.05) is 18.7 Å². The van der Waals surface area contributed by atoms with E-state index in [-0.39, 0.29) is 23.6 Å². The monoisotopic (exact) mass is 307 g/mol. The van der Waals surface area contributed by atoms with Gasteiger partial charge in [0.05, 0.1) is 12.5 Å². The Morgan fingerprint density at radius 1 is 1.32 bits per heavy atom. The summed E-state index contributed by atoms with van der Waals surface area (Å²) in [6.45, 7) is 4.96. The third-order valence-electron chi connectivity index (χ3n) is 4.04. The molecule has 1 aromatic rings. The highest BCUT2D eigenvalue weighted by Crippen LogP contribution is 2.21. The summed E-state index contributed by atoms with van der Waals surface area (Å²) in [5, 5.41) is 0. The Bertz CT molecular complexity index is 559. The van der Waals surface area contributed by atoms with Gasteiger partial charge < -0.3 is 9.64 Å². The van der Waals surface area contributed by atoms with Crippen LogP contribution in [0.15, 0.2) is 18.2 Å². The van der Waals surface area contributed by atoms with Gasteiger partial charge in [0.1, 0.15) is 5.82 Å². The van der Waals surface area contributed by atoms with E-state index in [9.17, 15) is 14.0 Å². The number of carbonyl (C=O) groups is 2. The van der Waals surface area contributed by atoms with Gasteiger partial charge in [-0.1, -0.05) is 0 Å². The molecular weight excluding hydrogens is 285 g/mol. The molecule has 1 saturated heterocycles. The molecule has 5 heteroatoms. The minimum Gasteiger partial charge on any atom is -0.466 e. The lowest BCUT2D eigenvalue weighted by Crippen LogP contribution is -2.32. The van der Waals surface area contributed by atoms with E-state index in [1.165, 1.54) is 12.1 Å². The summed E-state index contributed by atoms with van der Waals surface area (Å²) in [7, 11) is 0. The highest BCUT2D eigenvalue weighted by atomic mass is 19.1. The molecule has 22 heavy (non-hydrogen) atoms. The molecule has 4 nitrogen and oxygen atoms in total. The van der Waals surface area contributed by atoms with Crippen molar-refractivity contribution in [2.24, 2.45) is 5.92 Å². The van der Waals surface area contributed by atoms with Gasteiger partial charge in [0.15, 0.2) is 0 Å². The number of carbonyl (C=O) groups excluding carboxylic acids is 2. The number of aryl methyl sites for hydroxylation is 1. The van der Waals surface area contributed by atoms with E-state index in [2.05, 4.69) is 0 Å². The second kappa shape index (κ2) is 7.38. The van der Waals surface area contributed by atoms with Gasteiger partial charge in [-0.2, -0.15) is 0 Å². The lowest BCUT2D eigenvalue weighted by Gasteiger charge is -2.21. The lowest BCUT2D eigenvalue weighted by molar-refractivity contribution is -0.148. The van der Waals surface area contributed by atoms with Crippen molar-refractivity contribution in [2.75, 3.05) is 19.7 Å². The molecule has 1 fully saturated rings. The predicted molar refractivity (Wildman–Crippen MR) is 81.0 cm³/mol. The van der Waals surface area contributed by atoms with E-state index >= 15 is 0 Å². The van der Waals surface area contributed by atoms with E-state index in [1.807, 2.05) is 0 Å². The molecule has 0 saturated carbocycles. The molecule has 1 aliphatic rings. The number of halogens is 1. The second-order valence-corrected chi connectivity index (χ2v) is 5.64. The summed E-state index contributed by atoms with van der Waals surface area (Å²) in [5.41, 5.74) is 0.957. The molecule has 1 atom stereocenters. The SMILES string of the molecule is CCOC(=O)C1CCCN(C(=O)c2ccc(F)c(C)c2)CC1. The molecule has 1 unspecified atom stereocenters. The van der Waals surface area contributed by atoms with Gasteiger partial charge in [-0.15, -0.1) is 0 Å². The Morgan fingerprint density at radius 2 is 2.09 bits per heavy atom. The number of hydrogen-bond acceptors (Lipinski definition) is 3. The molecule has 1 aliphatic heterocycles. The number of amides is 1. The maximum absolute atomic E-state index is 13.3. The standard InChI is InChI=1S/C17H22FNO3/c1-3-22-17(21)13-5-4-9-19(10-8-13)16(20)14-6-7-15(18)12(2)11-14/h6-7,11,13H,3-5,8-10H2,1-2H3. The molecule has 2 rings (SSSR count). The molecule has 120 valence electrons. The minimum absolute atomic E-state index is 0.104. The van der Waals surface area contributed by atoms with Crippen molar-refractivity contribution in [3.05, 3.63) is 35.1 Å². The van der Waals surface area contributed by atoms with Crippen LogP contribution in [0.3, 0.4) is 0 Å². The van der Waals surface area contributed by atoms with Gasteiger partial charge >= 0.3 is 5.97 Å². The van der Waals surface area contributed by atoms with Crippen molar-refractivity contribution >= 4 is 11.9 Å². The van der Waals surface area contributed by atoms with Gasteiger partial charge in [-0.3, -0.25) is 9.59 Å². The maximum Gasteiger partial charge on any atom is 0.308 e. The van der Waals surface area contributed by atoms with E-state index in [0.29, 0.717) is 37.2 Å². The van der Waals surface area contributed by atoms with Crippen LogP contribution in [0.2, 0.25) is 0 Å². The number of rotatable bonds is 3. The van der Waals surface area contributed by atoms with Gasteiger partial charge in [-0.05, 0) is 56.9 Å². The summed E-state index contributed by atoms with van der Waals surface area (Å²) >= 11 is 0. The number of hydrogen-bond donors (Lipinski definition) is 0. The van der Waals surface area contributed by atoms with Crippen LogP contribution in [0, 0.1) is 18.7 Å². The fourth-order valence-electron chi connectivity index (χ4n) is 2.76. The summed E-state index contributed by atoms with van der Waals surface area (Å²) in [6, 6.07) is 4.41. The molecule has 0 aliphatic carbocycles. The van der Waals surface area contributed by atoms with Crippen LogP contribution in [0.4, 0.5) is 4.39 Å². The van der Waals surface area contributed by atoms with Crippen LogP contribution in [-0.4, -0.2) is 36.5 Å². The Labute approximate surface area is 130 Å². The lowest BCUT2D eigenvalue weighted by atomic mass is 10.0. The number of ether oxygens (including phenoxy) is 1. The first-order valence-corrected chi connectivity index (χ1v) is 7.75. The smallest absolute Gasteiger partial charge is 0.308 e. The Hall–Kier alpha value is -1.91. The first-order chi connectivity index (χ1) is 10.5. The predicted octanol–water partition coefficient (Wildman–Crippen LogP) is 2.94. The average Bonchev–Trinajstić information content (AvgIpc) is 2.75. The van der Waals surface area contributed by atoms with Crippen molar-refractivity contribution in [1.29, 1.82) is 0 Å². The van der Waals surface area contributed by atoms with Crippen molar-refractivity contribution in [1.82, 2.24) is 4.90 Å². The van der Waals surface area contributed by atoms with E-state index < -0.39 is 0 Å². The van der Waals surface area contributed by atoms with Crippen LogP contribution in [-0.2, 0) is 9.53 Å². The molecular formula is C17H22FNO3. The highest BCUT2D eigenvalue weighted by Gasteiger charge is 2.26. The summed E-state index contributed by atoms with van der Waals surface area (Å²) < 4.78 is 18.4. The topological polar surface area (TPSA) is 46.6 Å². The largest absolute Gasteiger partial charge is 0.466 e. The van der Waals surface area contributed by atoms with Crippen LogP contribution in [0.25, 0.3) is 0 Å². The first kappa shape index (κ1) is 16.5. The molecule has 0 spiro atoms. The zero-order valence-electron chi connectivity index (χ0n) is 13.1. The third kappa shape index (κ3) is 3.84. The summed E-state index contributed by atoms with van der Waals surface area (Å²) in [4.78, 5) is 26.1. The Kier molecular flexibility index (Phi) is 5.52. The number of benzene rings is 1.